The smallest absolute Gasteiger partial charge is 0.371 e. The third-order valence-electron chi connectivity index (χ3n) is 3.41. The molecule has 0 unspecified atom stereocenters. The van der Waals surface area contributed by atoms with E-state index in [4.69, 9.17) is 9.57 Å². The Balaban J connectivity index is 1.79. The third kappa shape index (κ3) is 3.58. The Kier molecular flexibility index (Phi) is 4.82. The molecule has 9 nitrogen and oxygen atoms in total. The van der Waals surface area contributed by atoms with Crippen molar-refractivity contribution < 1.29 is 19.2 Å². The van der Waals surface area contributed by atoms with Crippen molar-refractivity contribution in [3.63, 3.8) is 0 Å². The Labute approximate surface area is 138 Å². The van der Waals surface area contributed by atoms with Crippen molar-refractivity contribution in [2.24, 2.45) is 0 Å². The van der Waals surface area contributed by atoms with Crippen LogP contribution in [0, 0.1) is 6.92 Å². The van der Waals surface area contributed by atoms with Crippen LogP contribution in [-0.2, 0) is 9.57 Å². The summed E-state index contributed by atoms with van der Waals surface area (Å²) in [5.74, 6) is -0.781. The van der Waals surface area contributed by atoms with E-state index in [0.29, 0.717) is 31.9 Å². The number of nitrogens with zero attached hydrogens (tertiary/aromatic N) is 4. The number of rotatable bonds is 2. The summed E-state index contributed by atoms with van der Waals surface area (Å²) in [6, 6.07) is 5.14. The van der Waals surface area contributed by atoms with Crippen LogP contribution in [-0.4, -0.2) is 58.4 Å². The molecule has 2 heterocycles. The van der Waals surface area contributed by atoms with Gasteiger partial charge in [-0.25, -0.2) is 9.59 Å². The van der Waals surface area contributed by atoms with Crippen LogP contribution in [0.25, 0.3) is 5.69 Å². The molecule has 1 fully saturated rings. The Bertz CT molecular complexity index is 723. The number of esters is 1. The molecule has 1 aromatic heterocycles. The first kappa shape index (κ1) is 16.1. The zero-order valence-corrected chi connectivity index (χ0v) is 13.1. The van der Waals surface area contributed by atoms with Crippen LogP contribution < -0.4 is 5.32 Å². The van der Waals surface area contributed by atoms with Gasteiger partial charge in [-0.2, -0.15) is 20.1 Å². The fourth-order valence-electron chi connectivity index (χ4n) is 2.26. The topological polar surface area (TPSA) is 98.6 Å². The number of amides is 1. The van der Waals surface area contributed by atoms with Crippen molar-refractivity contribution in [3.8, 4) is 5.69 Å². The lowest BCUT2D eigenvalue weighted by atomic mass is 10.1. The summed E-state index contributed by atoms with van der Waals surface area (Å²) in [4.78, 5) is 31.1. The molecule has 3 rings (SSSR count). The first-order valence-corrected chi connectivity index (χ1v) is 7.50. The van der Waals surface area contributed by atoms with Gasteiger partial charge in [0.15, 0.2) is 0 Å². The minimum absolute atomic E-state index is 0.201. The molecule has 0 spiro atoms. The van der Waals surface area contributed by atoms with Gasteiger partial charge in [0.25, 0.3) is 0 Å². The van der Waals surface area contributed by atoms with Gasteiger partial charge in [-0.15, -0.1) is 0 Å². The maximum absolute atomic E-state index is 12.4. The standard InChI is InChI=1S/C15H17N5O4/c1-11-2-3-13(20-17-4-5-18-20)12(10-11)14(21)24-15(22)19-8-6-16-7-9-23-19/h2-5,10,16H,6-9H2,1H3. The van der Waals surface area contributed by atoms with Gasteiger partial charge in [0.2, 0.25) is 0 Å². The quantitative estimate of drug-likeness (QED) is 0.638. The van der Waals surface area contributed by atoms with Crippen molar-refractivity contribution in [1.29, 1.82) is 0 Å². The fourth-order valence-corrected chi connectivity index (χ4v) is 2.26. The molecule has 1 aliphatic heterocycles. The predicted molar refractivity (Wildman–Crippen MR) is 82.4 cm³/mol. The molecule has 0 aliphatic carbocycles. The van der Waals surface area contributed by atoms with E-state index >= 15 is 0 Å². The SMILES string of the molecule is Cc1ccc(-n2nccn2)c(C(=O)OC(=O)N2CCNCCO2)c1. The van der Waals surface area contributed by atoms with E-state index in [0.717, 1.165) is 10.6 Å². The van der Waals surface area contributed by atoms with Gasteiger partial charge in [-0.1, -0.05) is 11.6 Å². The minimum Gasteiger partial charge on any atom is -0.371 e. The number of carbonyl (C=O) groups is 2. The summed E-state index contributed by atoms with van der Waals surface area (Å²) >= 11 is 0. The molecule has 1 N–H and O–H groups in total. The van der Waals surface area contributed by atoms with Crippen molar-refractivity contribution in [1.82, 2.24) is 25.4 Å². The lowest BCUT2D eigenvalue weighted by molar-refractivity contribution is -0.120. The molecule has 1 aliphatic rings. The van der Waals surface area contributed by atoms with Gasteiger partial charge in [-0.05, 0) is 19.1 Å². The van der Waals surface area contributed by atoms with E-state index in [2.05, 4.69) is 15.5 Å². The van der Waals surface area contributed by atoms with E-state index in [1.165, 1.54) is 17.2 Å². The number of ether oxygens (including phenoxy) is 1. The Morgan fingerprint density at radius 1 is 1.25 bits per heavy atom. The lowest BCUT2D eigenvalue weighted by Gasteiger charge is -2.18. The van der Waals surface area contributed by atoms with Gasteiger partial charge in [0.1, 0.15) is 5.69 Å². The van der Waals surface area contributed by atoms with Crippen LogP contribution in [0.5, 0.6) is 0 Å². The highest BCUT2D eigenvalue weighted by molar-refractivity contribution is 5.99. The van der Waals surface area contributed by atoms with Crippen LogP contribution in [0.1, 0.15) is 15.9 Å². The second-order valence-corrected chi connectivity index (χ2v) is 5.18. The van der Waals surface area contributed by atoms with Gasteiger partial charge in [-0.3, -0.25) is 4.84 Å². The number of hydroxylamine groups is 2. The Morgan fingerprint density at radius 2 is 2.04 bits per heavy atom. The van der Waals surface area contributed by atoms with E-state index < -0.39 is 12.1 Å². The molecule has 0 bridgehead atoms. The minimum atomic E-state index is -0.843. The first-order valence-electron chi connectivity index (χ1n) is 7.50. The Morgan fingerprint density at radius 3 is 2.83 bits per heavy atom. The highest BCUT2D eigenvalue weighted by atomic mass is 16.7. The van der Waals surface area contributed by atoms with E-state index in [9.17, 15) is 9.59 Å². The van der Waals surface area contributed by atoms with Crippen LogP contribution in [0.2, 0.25) is 0 Å². The molecule has 9 heteroatoms. The van der Waals surface area contributed by atoms with Crippen molar-refractivity contribution in [2.45, 2.75) is 6.92 Å². The van der Waals surface area contributed by atoms with Crippen LogP contribution in [0.4, 0.5) is 4.79 Å². The van der Waals surface area contributed by atoms with Gasteiger partial charge in [0.05, 0.1) is 31.1 Å². The second-order valence-electron chi connectivity index (χ2n) is 5.18. The molecule has 1 saturated heterocycles. The number of aryl methyl sites for hydroxylation is 1. The van der Waals surface area contributed by atoms with E-state index in [1.807, 2.05) is 13.0 Å². The summed E-state index contributed by atoms with van der Waals surface area (Å²) < 4.78 is 4.95. The molecular formula is C15H17N5O4. The predicted octanol–water partition coefficient (Wildman–Crippen LogP) is 0.689. The number of hydrogen-bond donors (Lipinski definition) is 1. The average Bonchev–Trinajstić information content (AvgIpc) is 2.96. The van der Waals surface area contributed by atoms with Crippen molar-refractivity contribution in [3.05, 3.63) is 41.7 Å². The number of benzene rings is 1. The number of nitrogens with one attached hydrogen (secondary N) is 1. The van der Waals surface area contributed by atoms with Crippen LogP contribution in [0.3, 0.4) is 0 Å². The maximum Gasteiger partial charge on any atom is 0.441 e. The molecule has 0 atom stereocenters. The third-order valence-corrected chi connectivity index (χ3v) is 3.41. The second kappa shape index (κ2) is 7.20. The van der Waals surface area contributed by atoms with Crippen molar-refractivity contribution >= 4 is 12.1 Å². The fraction of sp³-hybridized carbons (Fsp3) is 0.333. The number of carbonyl (C=O) groups excluding carboxylic acids is 2. The average molecular weight is 331 g/mol. The molecule has 1 aromatic carbocycles. The normalized spacial score (nSPS) is 15.0. The molecule has 0 saturated carbocycles. The van der Waals surface area contributed by atoms with E-state index in [-0.39, 0.29) is 5.56 Å². The zero-order chi connectivity index (χ0) is 16.9. The maximum atomic E-state index is 12.4. The summed E-state index contributed by atoms with van der Waals surface area (Å²) in [5, 5.41) is 12.1. The summed E-state index contributed by atoms with van der Waals surface area (Å²) in [7, 11) is 0. The van der Waals surface area contributed by atoms with Crippen molar-refractivity contribution in [2.75, 3.05) is 26.2 Å². The monoisotopic (exact) mass is 331 g/mol. The summed E-state index contributed by atoms with van der Waals surface area (Å²) in [5.41, 5.74) is 1.48. The molecule has 2 aromatic rings. The molecule has 0 radical (unpaired) electrons. The van der Waals surface area contributed by atoms with Gasteiger partial charge >= 0.3 is 12.1 Å². The summed E-state index contributed by atoms with van der Waals surface area (Å²) in [6.45, 7) is 3.66. The van der Waals surface area contributed by atoms with Crippen LogP contribution in [0.15, 0.2) is 30.6 Å². The molecule has 126 valence electrons. The number of hydrogen-bond acceptors (Lipinski definition) is 7. The molecule has 1 amide bonds. The van der Waals surface area contributed by atoms with Crippen LogP contribution >= 0.6 is 0 Å². The first-order chi connectivity index (χ1) is 11.6. The zero-order valence-electron chi connectivity index (χ0n) is 13.1. The molecule has 24 heavy (non-hydrogen) atoms. The largest absolute Gasteiger partial charge is 0.441 e. The summed E-state index contributed by atoms with van der Waals surface area (Å²) in [6.07, 6.45) is 2.15. The highest BCUT2D eigenvalue weighted by Crippen LogP contribution is 2.17. The van der Waals surface area contributed by atoms with Gasteiger partial charge < -0.3 is 10.1 Å². The van der Waals surface area contributed by atoms with Gasteiger partial charge in [0, 0.05) is 13.1 Å². The lowest BCUT2D eigenvalue weighted by Crippen LogP contribution is -2.35. The molecular weight excluding hydrogens is 314 g/mol. The van der Waals surface area contributed by atoms with E-state index in [1.54, 1.807) is 12.1 Å². The Hall–Kier alpha value is -2.78. The number of aromatic nitrogens is 3. The highest BCUT2D eigenvalue weighted by Gasteiger charge is 2.24.